The number of ether oxygens (including phenoxy) is 1. The molecule has 0 N–H and O–H groups in total. The van der Waals surface area contributed by atoms with Crippen LogP contribution in [-0.4, -0.2) is 66.3 Å². The Kier molecular flexibility index (Phi) is 6.24. The number of halogens is 1. The number of rotatable bonds is 6. The molecule has 0 radical (unpaired) electrons. The van der Waals surface area contributed by atoms with Crippen molar-refractivity contribution >= 4 is 29.4 Å². The summed E-state index contributed by atoms with van der Waals surface area (Å²) in [5, 5.41) is 0. The normalized spacial score (nSPS) is 15.3. The van der Waals surface area contributed by atoms with E-state index in [4.69, 9.17) is 9.15 Å². The maximum absolute atomic E-state index is 14.0. The van der Waals surface area contributed by atoms with Crippen LogP contribution in [0.4, 0.5) is 10.1 Å². The summed E-state index contributed by atoms with van der Waals surface area (Å²) in [4.78, 5) is 55.0. The molecule has 0 aliphatic carbocycles. The summed E-state index contributed by atoms with van der Waals surface area (Å²) in [6.07, 6.45) is 1.45. The minimum atomic E-state index is -0.777. The Hall–Kier alpha value is -4.47. The summed E-state index contributed by atoms with van der Waals surface area (Å²) < 4.78 is 24.4. The second-order valence-corrected chi connectivity index (χ2v) is 8.43. The van der Waals surface area contributed by atoms with Gasteiger partial charge in [-0.05, 0) is 42.5 Å². The fourth-order valence-electron chi connectivity index (χ4n) is 4.33. The fourth-order valence-corrected chi connectivity index (χ4v) is 4.33. The van der Waals surface area contributed by atoms with E-state index in [9.17, 15) is 23.6 Å². The number of piperazine rings is 1. The van der Waals surface area contributed by atoms with Gasteiger partial charge in [0.1, 0.15) is 11.6 Å². The number of fused-ring (bicyclic) bond motifs is 1. The van der Waals surface area contributed by atoms with Crippen molar-refractivity contribution < 1.29 is 32.7 Å². The van der Waals surface area contributed by atoms with Crippen molar-refractivity contribution in [2.45, 2.75) is 6.54 Å². The van der Waals surface area contributed by atoms with Gasteiger partial charge in [0.05, 0.1) is 35.2 Å². The Balaban J connectivity index is 1.16. The molecule has 5 rings (SSSR count). The topological polar surface area (TPSA) is 100 Å². The number of hydrogen-bond acceptors (Lipinski definition) is 7. The SMILES string of the molecule is O=C(OCC(=O)N1CCN(c2ccccc2F)CC1)c1ccc2c(c1)C(=O)N(Cc1ccco1)C2=O. The second-order valence-electron chi connectivity index (χ2n) is 8.43. The molecule has 10 heteroatoms. The van der Waals surface area contributed by atoms with Gasteiger partial charge < -0.3 is 19.0 Å². The Morgan fingerprint density at radius 1 is 0.917 bits per heavy atom. The van der Waals surface area contributed by atoms with Gasteiger partial charge in [0, 0.05) is 26.2 Å². The van der Waals surface area contributed by atoms with Gasteiger partial charge in [0.15, 0.2) is 6.61 Å². The van der Waals surface area contributed by atoms with E-state index in [1.807, 2.05) is 4.90 Å². The van der Waals surface area contributed by atoms with Gasteiger partial charge in [-0.1, -0.05) is 12.1 Å². The van der Waals surface area contributed by atoms with Crippen molar-refractivity contribution in [1.82, 2.24) is 9.80 Å². The lowest BCUT2D eigenvalue weighted by molar-refractivity contribution is -0.134. The van der Waals surface area contributed by atoms with Gasteiger partial charge >= 0.3 is 5.97 Å². The van der Waals surface area contributed by atoms with E-state index >= 15 is 0 Å². The molecule has 1 saturated heterocycles. The molecular formula is C26H22FN3O6. The zero-order valence-electron chi connectivity index (χ0n) is 19.2. The highest BCUT2D eigenvalue weighted by Crippen LogP contribution is 2.26. The number of anilines is 1. The van der Waals surface area contributed by atoms with Crippen molar-refractivity contribution in [1.29, 1.82) is 0 Å². The quantitative estimate of drug-likeness (QED) is 0.386. The number of amides is 3. The van der Waals surface area contributed by atoms with Crippen LogP contribution in [0.1, 0.15) is 36.8 Å². The van der Waals surface area contributed by atoms with Gasteiger partial charge in [-0.3, -0.25) is 19.3 Å². The zero-order valence-corrected chi connectivity index (χ0v) is 19.2. The first-order valence-corrected chi connectivity index (χ1v) is 11.4. The third-order valence-corrected chi connectivity index (χ3v) is 6.25. The Morgan fingerprint density at radius 2 is 1.67 bits per heavy atom. The van der Waals surface area contributed by atoms with Crippen LogP contribution in [0.15, 0.2) is 65.3 Å². The van der Waals surface area contributed by atoms with Gasteiger partial charge in [-0.15, -0.1) is 0 Å². The molecule has 2 aliphatic rings. The molecule has 3 amide bonds. The van der Waals surface area contributed by atoms with Crippen LogP contribution < -0.4 is 4.90 Å². The van der Waals surface area contributed by atoms with Crippen molar-refractivity contribution in [2.75, 3.05) is 37.7 Å². The highest BCUT2D eigenvalue weighted by molar-refractivity contribution is 6.21. The van der Waals surface area contributed by atoms with Crippen LogP contribution in [-0.2, 0) is 16.1 Å². The first-order chi connectivity index (χ1) is 17.4. The average molecular weight is 491 g/mol. The summed E-state index contributed by atoms with van der Waals surface area (Å²) >= 11 is 0. The molecular weight excluding hydrogens is 469 g/mol. The Bertz CT molecular complexity index is 1330. The molecule has 0 unspecified atom stereocenters. The molecule has 36 heavy (non-hydrogen) atoms. The van der Waals surface area contributed by atoms with Crippen LogP contribution in [0.25, 0.3) is 0 Å². The summed E-state index contributed by atoms with van der Waals surface area (Å²) in [5.41, 5.74) is 0.832. The van der Waals surface area contributed by atoms with Crippen LogP contribution in [0.3, 0.4) is 0 Å². The largest absolute Gasteiger partial charge is 0.467 e. The number of imide groups is 1. The van der Waals surface area contributed by atoms with E-state index < -0.39 is 24.4 Å². The Labute approximate surface area is 205 Å². The van der Waals surface area contributed by atoms with Crippen molar-refractivity contribution in [3.8, 4) is 0 Å². The maximum Gasteiger partial charge on any atom is 0.338 e. The van der Waals surface area contributed by atoms with E-state index in [-0.39, 0.29) is 35.0 Å². The van der Waals surface area contributed by atoms with Crippen LogP contribution >= 0.6 is 0 Å². The monoisotopic (exact) mass is 491 g/mol. The third-order valence-electron chi connectivity index (χ3n) is 6.25. The predicted octanol–water partition coefficient (Wildman–Crippen LogP) is 2.72. The van der Waals surface area contributed by atoms with Gasteiger partial charge in [0.25, 0.3) is 17.7 Å². The summed E-state index contributed by atoms with van der Waals surface area (Å²) in [6.45, 7) is 1.16. The molecule has 184 valence electrons. The van der Waals surface area contributed by atoms with Crippen LogP contribution in [0, 0.1) is 5.82 Å². The standard InChI is InChI=1S/C26H22FN3O6/c27-21-5-1-2-6-22(21)28-9-11-29(12-10-28)23(31)16-36-26(34)17-7-8-19-20(14-17)25(33)30(24(19)32)15-18-4-3-13-35-18/h1-8,13-14H,9-12,15-16H2. The van der Waals surface area contributed by atoms with E-state index in [0.717, 1.165) is 4.90 Å². The van der Waals surface area contributed by atoms with Gasteiger partial charge in [0.2, 0.25) is 0 Å². The number of carbonyl (C=O) groups excluding carboxylic acids is 4. The number of nitrogens with zero attached hydrogens (tertiary/aromatic N) is 3. The number of hydrogen-bond donors (Lipinski definition) is 0. The smallest absolute Gasteiger partial charge is 0.338 e. The lowest BCUT2D eigenvalue weighted by Gasteiger charge is -2.36. The number of furan rings is 1. The van der Waals surface area contributed by atoms with Crippen molar-refractivity contribution in [2.24, 2.45) is 0 Å². The van der Waals surface area contributed by atoms with E-state index in [2.05, 4.69) is 0 Å². The van der Waals surface area contributed by atoms with E-state index in [0.29, 0.717) is 37.6 Å². The first-order valence-electron chi connectivity index (χ1n) is 11.4. The van der Waals surface area contributed by atoms with Crippen molar-refractivity contribution in [3.63, 3.8) is 0 Å². The van der Waals surface area contributed by atoms with Gasteiger partial charge in [-0.25, -0.2) is 9.18 Å². The minimum Gasteiger partial charge on any atom is -0.467 e. The number of esters is 1. The van der Waals surface area contributed by atoms with Crippen LogP contribution in [0.5, 0.6) is 0 Å². The highest BCUT2D eigenvalue weighted by atomic mass is 19.1. The molecule has 3 heterocycles. The van der Waals surface area contributed by atoms with Crippen molar-refractivity contribution in [3.05, 3.63) is 89.1 Å². The zero-order chi connectivity index (χ0) is 25.2. The molecule has 9 nitrogen and oxygen atoms in total. The molecule has 2 aromatic carbocycles. The molecule has 0 saturated carbocycles. The second kappa shape index (κ2) is 9.65. The molecule has 1 aromatic heterocycles. The summed E-state index contributed by atoms with van der Waals surface area (Å²) in [6, 6.07) is 13.9. The van der Waals surface area contributed by atoms with E-state index in [1.165, 1.54) is 30.5 Å². The molecule has 0 bridgehead atoms. The van der Waals surface area contributed by atoms with Gasteiger partial charge in [-0.2, -0.15) is 0 Å². The summed E-state index contributed by atoms with van der Waals surface area (Å²) in [7, 11) is 0. The molecule has 0 spiro atoms. The fraction of sp³-hybridized carbons (Fsp3) is 0.231. The molecule has 1 fully saturated rings. The Morgan fingerprint density at radius 3 is 2.39 bits per heavy atom. The number of benzene rings is 2. The first kappa shape index (κ1) is 23.3. The predicted molar refractivity (Wildman–Crippen MR) is 125 cm³/mol. The highest BCUT2D eigenvalue weighted by Gasteiger charge is 2.36. The lowest BCUT2D eigenvalue weighted by Crippen LogP contribution is -2.50. The van der Waals surface area contributed by atoms with Crippen LogP contribution in [0.2, 0.25) is 0 Å². The average Bonchev–Trinajstić information content (AvgIpc) is 3.50. The minimum absolute atomic E-state index is 0.0161. The molecule has 3 aromatic rings. The van der Waals surface area contributed by atoms with E-state index in [1.54, 1.807) is 35.2 Å². The summed E-state index contributed by atoms with van der Waals surface area (Å²) in [5.74, 6) is -2.02. The third kappa shape index (κ3) is 4.45. The lowest BCUT2D eigenvalue weighted by atomic mass is 10.1. The molecule has 2 aliphatic heterocycles. The number of para-hydroxylation sites is 1. The molecule has 0 atom stereocenters. The maximum atomic E-state index is 14.0. The number of carbonyl (C=O) groups is 4.